The topological polar surface area (TPSA) is 63.6 Å². The van der Waals surface area contributed by atoms with Gasteiger partial charge in [-0.2, -0.15) is 5.10 Å². The minimum Gasteiger partial charge on any atom is -0.377 e. The van der Waals surface area contributed by atoms with E-state index in [-0.39, 0.29) is 0 Å². The molecule has 0 bridgehead atoms. The van der Waals surface area contributed by atoms with Crippen molar-refractivity contribution in [3.05, 3.63) is 42.1 Å². The predicted octanol–water partition coefficient (Wildman–Crippen LogP) is 3.42. The third-order valence-electron chi connectivity index (χ3n) is 2.71. The first kappa shape index (κ1) is 14.5. The zero-order valence-electron chi connectivity index (χ0n) is 11.5. The lowest BCUT2D eigenvalue weighted by Gasteiger charge is -1.98. The summed E-state index contributed by atoms with van der Waals surface area (Å²) in [7, 11) is 0. The Morgan fingerprint density at radius 1 is 1.30 bits per heavy atom. The highest BCUT2D eigenvalue weighted by Crippen LogP contribution is 2.10. The Labute approximate surface area is 123 Å². The van der Waals surface area contributed by atoms with Gasteiger partial charge in [0.25, 0.3) is 0 Å². The Balaban J connectivity index is 2.00. The van der Waals surface area contributed by atoms with Crippen LogP contribution in [0.3, 0.4) is 0 Å². The molecule has 5 heteroatoms. The van der Waals surface area contributed by atoms with Gasteiger partial charge in [0.15, 0.2) is 5.17 Å². The molecule has 0 aliphatic heterocycles. The van der Waals surface area contributed by atoms with Crippen LogP contribution in [0.15, 0.2) is 46.6 Å². The second-order valence-corrected chi connectivity index (χ2v) is 5.43. The Bertz CT molecular complexity index is 622. The fraction of sp³-hybridized carbons (Fsp3) is 0.267. The summed E-state index contributed by atoms with van der Waals surface area (Å²) < 4.78 is 0. The third kappa shape index (κ3) is 4.35. The molecular formula is C15H18N4S. The van der Waals surface area contributed by atoms with Gasteiger partial charge in [0, 0.05) is 11.1 Å². The van der Waals surface area contributed by atoms with Crippen LogP contribution in [0.25, 0.3) is 10.9 Å². The number of unbranched alkanes of at least 4 members (excludes halogenated alkanes) is 1. The van der Waals surface area contributed by atoms with E-state index in [9.17, 15) is 0 Å². The molecule has 2 rings (SSSR count). The zero-order valence-corrected chi connectivity index (χ0v) is 12.3. The van der Waals surface area contributed by atoms with Crippen molar-refractivity contribution >= 4 is 34.0 Å². The number of thioether (sulfide) groups is 1. The van der Waals surface area contributed by atoms with Crippen LogP contribution in [0.2, 0.25) is 0 Å². The highest BCUT2D eigenvalue weighted by Gasteiger charge is 1.95. The lowest BCUT2D eigenvalue weighted by molar-refractivity contribution is 0.898. The number of pyridine rings is 1. The summed E-state index contributed by atoms with van der Waals surface area (Å²) in [6, 6.07) is 11.9. The lowest BCUT2D eigenvalue weighted by Crippen LogP contribution is -2.06. The molecule has 104 valence electrons. The molecule has 2 N–H and O–H groups in total. The molecule has 0 saturated carbocycles. The maximum Gasteiger partial charge on any atom is 0.180 e. The van der Waals surface area contributed by atoms with Crippen molar-refractivity contribution in [2.24, 2.45) is 15.9 Å². The van der Waals surface area contributed by atoms with Gasteiger partial charge in [0.2, 0.25) is 0 Å². The fourth-order valence-corrected chi connectivity index (χ4v) is 2.40. The zero-order chi connectivity index (χ0) is 14.2. The Morgan fingerprint density at radius 2 is 2.15 bits per heavy atom. The maximum absolute atomic E-state index is 5.75. The molecule has 1 aromatic carbocycles. The number of hydrogen-bond donors (Lipinski definition) is 1. The molecule has 1 aromatic heterocycles. The lowest BCUT2D eigenvalue weighted by atomic mass is 10.2. The smallest absolute Gasteiger partial charge is 0.180 e. The van der Waals surface area contributed by atoms with Crippen LogP contribution < -0.4 is 5.73 Å². The molecule has 2 aromatic rings. The van der Waals surface area contributed by atoms with Crippen LogP contribution in [0.4, 0.5) is 0 Å². The molecule has 0 atom stereocenters. The van der Waals surface area contributed by atoms with E-state index in [1.807, 2.05) is 36.4 Å². The summed E-state index contributed by atoms with van der Waals surface area (Å²) in [6.45, 7) is 2.15. The second-order valence-electron chi connectivity index (χ2n) is 4.31. The summed E-state index contributed by atoms with van der Waals surface area (Å²) in [4.78, 5) is 4.48. The summed E-state index contributed by atoms with van der Waals surface area (Å²) in [5.41, 5.74) is 7.47. The van der Waals surface area contributed by atoms with Crippen molar-refractivity contribution in [3.8, 4) is 0 Å². The maximum atomic E-state index is 5.75. The van der Waals surface area contributed by atoms with Crippen LogP contribution in [0, 0.1) is 0 Å². The largest absolute Gasteiger partial charge is 0.377 e. The Morgan fingerprint density at radius 3 is 3.00 bits per heavy atom. The highest BCUT2D eigenvalue weighted by molar-refractivity contribution is 8.13. The molecule has 0 aliphatic carbocycles. The summed E-state index contributed by atoms with van der Waals surface area (Å²) in [5.74, 6) is 0.982. The molecule has 0 aliphatic rings. The highest BCUT2D eigenvalue weighted by atomic mass is 32.2. The second kappa shape index (κ2) is 7.65. The van der Waals surface area contributed by atoms with Gasteiger partial charge in [-0.3, -0.25) is 0 Å². The fourth-order valence-electron chi connectivity index (χ4n) is 1.65. The quantitative estimate of drug-likeness (QED) is 0.396. The van der Waals surface area contributed by atoms with Gasteiger partial charge in [-0.1, -0.05) is 49.4 Å². The van der Waals surface area contributed by atoms with Gasteiger partial charge in [-0.25, -0.2) is 4.98 Å². The van der Waals surface area contributed by atoms with Gasteiger partial charge >= 0.3 is 0 Å². The number of hydrogen-bond acceptors (Lipinski definition) is 4. The minimum absolute atomic E-state index is 0.496. The SMILES string of the molecule is CCCCSC(N)=NN=Cc1ccc2ccccc2n1. The Kier molecular flexibility index (Phi) is 5.55. The number of fused-ring (bicyclic) bond motifs is 1. The van der Waals surface area contributed by atoms with Crippen molar-refractivity contribution in [1.29, 1.82) is 0 Å². The van der Waals surface area contributed by atoms with Crippen molar-refractivity contribution < 1.29 is 0 Å². The van der Waals surface area contributed by atoms with Crippen molar-refractivity contribution in [2.75, 3.05) is 5.75 Å². The molecular weight excluding hydrogens is 268 g/mol. The van der Waals surface area contributed by atoms with Crippen LogP contribution in [-0.2, 0) is 0 Å². The number of nitrogens with two attached hydrogens (primary N) is 1. The van der Waals surface area contributed by atoms with Gasteiger partial charge in [-0.15, -0.1) is 5.10 Å². The van der Waals surface area contributed by atoms with Gasteiger partial charge in [-0.05, 0) is 18.6 Å². The number of rotatable bonds is 5. The van der Waals surface area contributed by atoms with E-state index in [1.54, 1.807) is 6.21 Å². The predicted molar refractivity (Wildman–Crippen MR) is 88.3 cm³/mol. The molecule has 0 saturated heterocycles. The van der Waals surface area contributed by atoms with Crippen LogP contribution >= 0.6 is 11.8 Å². The van der Waals surface area contributed by atoms with Gasteiger partial charge in [0.05, 0.1) is 17.4 Å². The first-order valence-corrected chi connectivity index (χ1v) is 7.63. The van der Waals surface area contributed by atoms with Crippen molar-refractivity contribution in [1.82, 2.24) is 4.98 Å². The average Bonchev–Trinajstić information content (AvgIpc) is 2.47. The van der Waals surface area contributed by atoms with E-state index in [2.05, 4.69) is 22.1 Å². The average molecular weight is 286 g/mol. The van der Waals surface area contributed by atoms with E-state index in [0.717, 1.165) is 35.2 Å². The monoisotopic (exact) mass is 286 g/mol. The summed E-state index contributed by atoms with van der Waals surface area (Å²) >= 11 is 1.53. The molecule has 20 heavy (non-hydrogen) atoms. The molecule has 0 unspecified atom stereocenters. The summed E-state index contributed by atoms with van der Waals surface area (Å²) in [6.07, 6.45) is 3.92. The molecule has 0 spiro atoms. The van der Waals surface area contributed by atoms with Crippen LogP contribution in [0.5, 0.6) is 0 Å². The molecule has 1 heterocycles. The third-order valence-corrected chi connectivity index (χ3v) is 3.58. The molecule has 0 fully saturated rings. The molecule has 0 amide bonds. The first-order chi connectivity index (χ1) is 9.79. The van der Waals surface area contributed by atoms with Crippen molar-refractivity contribution in [2.45, 2.75) is 19.8 Å². The number of benzene rings is 1. The van der Waals surface area contributed by atoms with Crippen LogP contribution in [0.1, 0.15) is 25.5 Å². The van der Waals surface area contributed by atoms with E-state index >= 15 is 0 Å². The number of nitrogens with zero attached hydrogens (tertiary/aromatic N) is 3. The molecule has 4 nitrogen and oxygen atoms in total. The normalized spacial score (nSPS) is 12.3. The Hall–Kier alpha value is -1.88. The number of amidine groups is 1. The first-order valence-electron chi connectivity index (χ1n) is 6.64. The number of aromatic nitrogens is 1. The number of para-hydroxylation sites is 1. The van der Waals surface area contributed by atoms with Gasteiger partial charge < -0.3 is 5.73 Å². The van der Waals surface area contributed by atoms with Gasteiger partial charge in [0.1, 0.15) is 0 Å². The van der Waals surface area contributed by atoms with E-state index in [1.165, 1.54) is 11.8 Å². The minimum atomic E-state index is 0.496. The summed E-state index contributed by atoms with van der Waals surface area (Å²) in [5, 5.41) is 9.55. The van der Waals surface area contributed by atoms with Crippen molar-refractivity contribution in [3.63, 3.8) is 0 Å². The standard InChI is InChI=1S/C15H18N4S/c1-2-3-10-20-15(16)19-17-11-13-9-8-12-6-4-5-7-14(12)18-13/h4-9,11H,2-3,10H2,1H3,(H2,16,19). The van der Waals surface area contributed by atoms with E-state index in [0.29, 0.717) is 5.17 Å². The van der Waals surface area contributed by atoms with E-state index < -0.39 is 0 Å². The van der Waals surface area contributed by atoms with E-state index in [4.69, 9.17) is 5.73 Å². The molecule has 0 radical (unpaired) electrons. The van der Waals surface area contributed by atoms with Crippen LogP contribution in [-0.4, -0.2) is 22.1 Å².